The molecule has 2 heterocycles. The second-order valence-electron chi connectivity index (χ2n) is 5.93. The molecule has 2 rings (SSSR count). The Morgan fingerprint density at radius 2 is 2.20 bits per heavy atom. The first-order valence-corrected chi connectivity index (χ1v) is 7.67. The summed E-state index contributed by atoms with van der Waals surface area (Å²) < 4.78 is 5.61. The molecule has 1 fully saturated rings. The van der Waals surface area contributed by atoms with Crippen LogP contribution >= 0.6 is 0 Å². The molecular weight excluding hydrogens is 252 g/mol. The Balaban J connectivity index is 2.04. The molecule has 0 bridgehead atoms. The van der Waals surface area contributed by atoms with Crippen LogP contribution in [0.4, 0.5) is 0 Å². The van der Waals surface area contributed by atoms with Gasteiger partial charge in [0.1, 0.15) is 11.5 Å². The lowest BCUT2D eigenvalue weighted by molar-refractivity contribution is -0.136. The Bertz CT molecular complexity index is 431. The van der Waals surface area contributed by atoms with Gasteiger partial charge in [-0.2, -0.15) is 0 Å². The molecule has 1 N–H and O–H groups in total. The molecule has 0 radical (unpaired) electrons. The van der Waals surface area contributed by atoms with Crippen molar-refractivity contribution in [3.05, 3.63) is 23.7 Å². The fourth-order valence-corrected chi connectivity index (χ4v) is 2.69. The monoisotopic (exact) mass is 278 g/mol. The molecule has 1 aromatic heterocycles. The van der Waals surface area contributed by atoms with Crippen LogP contribution in [0.25, 0.3) is 0 Å². The van der Waals surface area contributed by atoms with Crippen LogP contribution < -0.4 is 5.32 Å². The number of furan rings is 1. The van der Waals surface area contributed by atoms with Gasteiger partial charge in [0.25, 0.3) is 0 Å². The number of carbonyl (C=O) groups excluding carboxylic acids is 1. The van der Waals surface area contributed by atoms with Crippen molar-refractivity contribution in [3.63, 3.8) is 0 Å². The third-order valence-corrected chi connectivity index (χ3v) is 3.89. The van der Waals surface area contributed by atoms with Gasteiger partial charge in [-0.3, -0.25) is 4.79 Å². The number of aryl methyl sites for hydroxylation is 1. The Morgan fingerprint density at radius 3 is 2.85 bits per heavy atom. The van der Waals surface area contributed by atoms with E-state index < -0.39 is 0 Å². The Hall–Kier alpha value is -1.29. The van der Waals surface area contributed by atoms with Gasteiger partial charge in [0, 0.05) is 6.04 Å². The van der Waals surface area contributed by atoms with Crippen molar-refractivity contribution in [3.8, 4) is 0 Å². The first kappa shape index (κ1) is 15.1. The summed E-state index contributed by atoms with van der Waals surface area (Å²) in [6.07, 6.45) is 4.47. The molecule has 1 aliphatic rings. The molecule has 1 atom stereocenters. The van der Waals surface area contributed by atoms with Crippen molar-refractivity contribution in [2.24, 2.45) is 0 Å². The molecule has 1 aliphatic heterocycles. The highest BCUT2D eigenvalue weighted by atomic mass is 16.3. The van der Waals surface area contributed by atoms with Gasteiger partial charge in [0.2, 0.25) is 5.91 Å². The van der Waals surface area contributed by atoms with E-state index in [1.54, 1.807) is 0 Å². The number of hydrogen-bond acceptors (Lipinski definition) is 3. The zero-order valence-corrected chi connectivity index (χ0v) is 12.8. The SMILES string of the molecule is Cc1ccc(CN(C(=O)C2CCCCCN2)C(C)C)o1. The Kier molecular flexibility index (Phi) is 5.24. The summed E-state index contributed by atoms with van der Waals surface area (Å²) in [5, 5.41) is 3.39. The molecule has 0 saturated carbocycles. The predicted octanol–water partition coefficient (Wildman–Crippen LogP) is 2.86. The van der Waals surface area contributed by atoms with Gasteiger partial charge in [0.15, 0.2) is 0 Å². The van der Waals surface area contributed by atoms with Crippen molar-refractivity contribution in [1.82, 2.24) is 10.2 Å². The van der Waals surface area contributed by atoms with Crippen LogP contribution in [-0.2, 0) is 11.3 Å². The molecule has 1 amide bonds. The van der Waals surface area contributed by atoms with E-state index in [0.717, 1.165) is 30.9 Å². The average molecular weight is 278 g/mol. The van der Waals surface area contributed by atoms with Gasteiger partial charge in [-0.25, -0.2) is 0 Å². The average Bonchev–Trinajstić information content (AvgIpc) is 2.67. The van der Waals surface area contributed by atoms with Crippen LogP contribution in [0.5, 0.6) is 0 Å². The van der Waals surface area contributed by atoms with E-state index >= 15 is 0 Å². The number of nitrogens with one attached hydrogen (secondary N) is 1. The van der Waals surface area contributed by atoms with Crippen LogP contribution in [0.3, 0.4) is 0 Å². The second kappa shape index (κ2) is 6.93. The number of hydrogen-bond donors (Lipinski definition) is 1. The molecule has 1 saturated heterocycles. The minimum absolute atomic E-state index is 0.0315. The van der Waals surface area contributed by atoms with E-state index in [2.05, 4.69) is 19.2 Å². The summed E-state index contributed by atoms with van der Waals surface area (Å²) in [6, 6.07) is 4.05. The smallest absolute Gasteiger partial charge is 0.240 e. The van der Waals surface area contributed by atoms with Gasteiger partial charge >= 0.3 is 0 Å². The molecule has 0 aliphatic carbocycles. The molecule has 112 valence electrons. The fraction of sp³-hybridized carbons (Fsp3) is 0.688. The van der Waals surface area contributed by atoms with Crippen molar-refractivity contribution in [2.75, 3.05) is 6.54 Å². The van der Waals surface area contributed by atoms with E-state index in [0.29, 0.717) is 6.54 Å². The minimum Gasteiger partial charge on any atom is -0.464 e. The van der Waals surface area contributed by atoms with E-state index in [-0.39, 0.29) is 18.0 Å². The third kappa shape index (κ3) is 3.85. The van der Waals surface area contributed by atoms with Crippen molar-refractivity contribution >= 4 is 5.91 Å². The standard InChI is InChI=1S/C16H26N2O2/c1-12(2)18(11-14-9-8-13(3)20-14)16(19)15-7-5-4-6-10-17-15/h8-9,12,15,17H,4-7,10-11H2,1-3H3. The van der Waals surface area contributed by atoms with Crippen molar-refractivity contribution < 1.29 is 9.21 Å². The summed E-state index contributed by atoms with van der Waals surface area (Å²) >= 11 is 0. The molecule has 0 aromatic carbocycles. The maximum Gasteiger partial charge on any atom is 0.240 e. The van der Waals surface area contributed by atoms with Gasteiger partial charge in [-0.15, -0.1) is 0 Å². The fourth-order valence-electron chi connectivity index (χ4n) is 2.69. The Morgan fingerprint density at radius 1 is 1.40 bits per heavy atom. The van der Waals surface area contributed by atoms with Crippen LogP contribution in [0, 0.1) is 6.92 Å². The quantitative estimate of drug-likeness (QED) is 0.921. The van der Waals surface area contributed by atoms with Crippen molar-refractivity contribution in [2.45, 2.75) is 65.1 Å². The molecule has 0 spiro atoms. The normalized spacial score (nSPS) is 19.9. The molecule has 4 nitrogen and oxygen atoms in total. The lowest BCUT2D eigenvalue weighted by atomic mass is 10.1. The number of rotatable bonds is 4. The van der Waals surface area contributed by atoms with Crippen LogP contribution in [0.2, 0.25) is 0 Å². The summed E-state index contributed by atoms with van der Waals surface area (Å²) in [4.78, 5) is 14.6. The maximum atomic E-state index is 12.7. The van der Waals surface area contributed by atoms with Gasteiger partial charge in [-0.05, 0) is 52.3 Å². The van der Waals surface area contributed by atoms with Gasteiger partial charge in [-0.1, -0.05) is 12.8 Å². The molecule has 1 unspecified atom stereocenters. The summed E-state index contributed by atoms with van der Waals surface area (Å²) in [5.74, 6) is 1.96. The third-order valence-electron chi connectivity index (χ3n) is 3.89. The largest absolute Gasteiger partial charge is 0.464 e. The van der Waals surface area contributed by atoms with Gasteiger partial charge < -0.3 is 14.6 Å². The number of carbonyl (C=O) groups is 1. The molecule has 20 heavy (non-hydrogen) atoms. The minimum atomic E-state index is -0.0315. The maximum absolute atomic E-state index is 12.7. The zero-order chi connectivity index (χ0) is 14.5. The topological polar surface area (TPSA) is 45.5 Å². The highest BCUT2D eigenvalue weighted by Gasteiger charge is 2.27. The Labute approximate surface area is 121 Å². The van der Waals surface area contributed by atoms with Crippen LogP contribution in [0.1, 0.15) is 51.1 Å². The predicted molar refractivity (Wildman–Crippen MR) is 79.4 cm³/mol. The first-order valence-electron chi connectivity index (χ1n) is 7.67. The van der Waals surface area contributed by atoms with E-state index in [1.165, 1.54) is 12.8 Å². The van der Waals surface area contributed by atoms with Crippen LogP contribution in [-0.4, -0.2) is 29.4 Å². The van der Waals surface area contributed by atoms with Gasteiger partial charge in [0.05, 0.1) is 12.6 Å². The molecule has 4 heteroatoms. The molecular formula is C16H26N2O2. The summed E-state index contributed by atoms with van der Waals surface area (Å²) in [6.45, 7) is 7.55. The van der Waals surface area contributed by atoms with E-state index in [9.17, 15) is 4.79 Å². The zero-order valence-electron chi connectivity index (χ0n) is 12.8. The highest BCUT2D eigenvalue weighted by molar-refractivity contribution is 5.82. The highest BCUT2D eigenvalue weighted by Crippen LogP contribution is 2.16. The summed E-state index contributed by atoms with van der Waals surface area (Å²) in [7, 11) is 0. The second-order valence-corrected chi connectivity index (χ2v) is 5.93. The molecule has 1 aromatic rings. The first-order chi connectivity index (χ1) is 9.58. The van der Waals surface area contributed by atoms with Crippen molar-refractivity contribution in [1.29, 1.82) is 0 Å². The lowest BCUT2D eigenvalue weighted by Crippen LogP contribution is -2.48. The summed E-state index contributed by atoms with van der Waals surface area (Å²) in [5.41, 5.74) is 0. The van der Waals surface area contributed by atoms with Crippen LogP contribution in [0.15, 0.2) is 16.5 Å². The lowest BCUT2D eigenvalue weighted by Gasteiger charge is -2.30. The van der Waals surface area contributed by atoms with E-state index in [4.69, 9.17) is 4.42 Å². The number of nitrogens with zero attached hydrogens (tertiary/aromatic N) is 1. The van der Waals surface area contributed by atoms with E-state index in [1.807, 2.05) is 24.0 Å². The number of amides is 1.